The molecule has 2 aromatic carbocycles. The van der Waals surface area contributed by atoms with Crippen molar-refractivity contribution >= 4 is 21.6 Å². The smallest absolute Gasteiger partial charge is 0.111 e. The minimum Gasteiger partial charge on any atom is -0.293 e. The third-order valence-corrected chi connectivity index (χ3v) is 5.05. The van der Waals surface area contributed by atoms with Crippen molar-refractivity contribution in [1.29, 1.82) is 5.26 Å². The molecule has 3 nitrogen and oxygen atoms in total. The van der Waals surface area contributed by atoms with Crippen LogP contribution in [0.2, 0.25) is 0 Å². The lowest BCUT2D eigenvalue weighted by atomic mass is 10.1. The van der Waals surface area contributed by atoms with Crippen molar-refractivity contribution in [3.8, 4) is 6.07 Å². The van der Waals surface area contributed by atoms with Gasteiger partial charge in [0, 0.05) is 6.54 Å². The highest BCUT2D eigenvalue weighted by molar-refractivity contribution is 7.18. The Hall–Kier alpha value is -2.22. The average molecular weight is 307 g/mol. The van der Waals surface area contributed by atoms with Crippen LogP contribution in [0.25, 0.3) is 10.2 Å². The standard InChI is InChI=1S/C18H17N3S/c1-13(18-20-16-5-3-4-6-17(16)22-18)21(2)12-15-9-7-14(11-19)8-10-15/h3-10,13H,12H2,1-2H3/t13-/m0/s1. The highest BCUT2D eigenvalue weighted by Gasteiger charge is 2.16. The second-order valence-electron chi connectivity index (χ2n) is 5.42. The van der Waals surface area contributed by atoms with Gasteiger partial charge in [0.25, 0.3) is 0 Å². The Bertz CT molecular complexity index is 781. The van der Waals surface area contributed by atoms with E-state index in [0.29, 0.717) is 5.56 Å². The maximum absolute atomic E-state index is 8.85. The molecule has 4 heteroatoms. The summed E-state index contributed by atoms with van der Waals surface area (Å²) in [5.41, 5.74) is 2.97. The van der Waals surface area contributed by atoms with E-state index >= 15 is 0 Å². The molecule has 0 amide bonds. The summed E-state index contributed by atoms with van der Waals surface area (Å²) in [5.74, 6) is 0. The Kier molecular flexibility index (Phi) is 4.19. The van der Waals surface area contributed by atoms with Gasteiger partial charge in [0.15, 0.2) is 0 Å². The van der Waals surface area contributed by atoms with Crippen molar-refractivity contribution in [2.75, 3.05) is 7.05 Å². The van der Waals surface area contributed by atoms with Gasteiger partial charge in [-0.15, -0.1) is 11.3 Å². The summed E-state index contributed by atoms with van der Waals surface area (Å²) in [6.07, 6.45) is 0. The van der Waals surface area contributed by atoms with Crippen LogP contribution in [-0.4, -0.2) is 16.9 Å². The molecule has 1 heterocycles. The van der Waals surface area contributed by atoms with Crippen molar-refractivity contribution in [3.05, 3.63) is 64.7 Å². The molecule has 110 valence electrons. The molecule has 0 aliphatic rings. The zero-order valence-corrected chi connectivity index (χ0v) is 13.5. The van der Waals surface area contributed by atoms with Gasteiger partial charge in [-0.2, -0.15) is 5.26 Å². The van der Waals surface area contributed by atoms with E-state index in [4.69, 9.17) is 10.2 Å². The van der Waals surface area contributed by atoms with Gasteiger partial charge in [-0.05, 0) is 43.8 Å². The van der Waals surface area contributed by atoms with E-state index in [2.05, 4.69) is 43.1 Å². The molecule has 0 aliphatic heterocycles. The number of hydrogen-bond donors (Lipinski definition) is 0. The van der Waals surface area contributed by atoms with Gasteiger partial charge in [-0.25, -0.2) is 4.98 Å². The van der Waals surface area contributed by atoms with Crippen LogP contribution in [0.3, 0.4) is 0 Å². The molecular weight excluding hydrogens is 290 g/mol. The van der Waals surface area contributed by atoms with E-state index in [1.165, 1.54) is 10.3 Å². The number of nitriles is 1. The average Bonchev–Trinajstić information content (AvgIpc) is 2.98. The van der Waals surface area contributed by atoms with Crippen molar-refractivity contribution in [2.45, 2.75) is 19.5 Å². The Morgan fingerprint density at radius 1 is 1.18 bits per heavy atom. The highest BCUT2D eigenvalue weighted by Crippen LogP contribution is 2.29. The largest absolute Gasteiger partial charge is 0.293 e. The lowest BCUT2D eigenvalue weighted by Gasteiger charge is -2.22. The SMILES string of the molecule is C[C@@H](c1nc2ccccc2s1)N(C)Cc1ccc(C#N)cc1. The molecule has 0 fully saturated rings. The summed E-state index contributed by atoms with van der Waals surface area (Å²) in [7, 11) is 2.11. The first kappa shape index (κ1) is 14.7. The molecular formula is C18H17N3S. The monoisotopic (exact) mass is 307 g/mol. The van der Waals surface area contributed by atoms with E-state index < -0.39 is 0 Å². The summed E-state index contributed by atoms with van der Waals surface area (Å²) in [5, 5.41) is 9.99. The first-order valence-corrected chi connectivity index (χ1v) is 8.04. The minimum atomic E-state index is 0.257. The van der Waals surface area contributed by atoms with Crippen LogP contribution in [0.1, 0.15) is 29.1 Å². The number of para-hydroxylation sites is 1. The topological polar surface area (TPSA) is 39.9 Å². The van der Waals surface area contributed by atoms with Crippen LogP contribution in [0, 0.1) is 11.3 Å². The number of hydrogen-bond acceptors (Lipinski definition) is 4. The molecule has 0 bridgehead atoms. The predicted octanol–water partition coefficient (Wildman–Crippen LogP) is 4.36. The van der Waals surface area contributed by atoms with E-state index in [1.807, 2.05) is 30.3 Å². The molecule has 1 atom stereocenters. The van der Waals surface area contributed by atoms with Crippen molar-refractivity contribution in [3.63, 3.8) is 0 Å². The summed E-state index contributed by atoms with van der Waals surface area (Å²) in [4.78, 5) is 7.01. The molecule has 3 aromatic rings. The van der Waals surface area contributed by atoms with Crippen LogP contribution < -0.4 is 0 Å². The van der Waals surface area contributed by atoms with E-state index in [9.17, 15) is 0 Å². The van der Waals surface area contributed by atoms with Gasteiger partial charge in [-0.1, -0.05) is 24.3 Å². The molecule has 0 radical (unpaired) electrons. The fraction of sp³-hybridized carbons (Fsp3) is 0.222. The van der Waals surface area contributed by atoms with Crippen molar-refractivity contribution in [1.82, 2.24) is 9.88 Å². The van der Waals surface area contributed by atoms with Gasteiger partial charge in [-0.3, -0.25) is 4.90 Å². The second kappa shape index (κ2) is 6.27. The normalized spacial score (nSPS) is 12.5. The second-order valence-corrected chi connectivity index (χ2v) is 6.48. The first-order valence-electron chi connectivity index (χ1n) is 7.22. The third-order valence-electron chi connectivity index (χ3n) is 3.84. The quantitative estimate of drug-likeness (QED) is 0.719. The van der Waals surface area contributed by atoms with Gasteiger partial charge in [0.05, 0.1) is 27.9 Å². The van der Waals surface area contributed by atoms with Crippen LogP contribution in [0.15, 0.2) is 48.5 Å². The zero-order valence-electron chi connectivity index (χ0n) is 12.7. The van der Waals surface area contributed by atoms with Gasteiger partial charge >= 0.3 is 0 Å². The Morgan fingerprint density at radius 2 is 1.91 bits per heavy atom. The molecule has 22 heavy (non-hydrogen) atoms. The summed E-state index contributed by atoms with van der Waals surface area (Å²) in [6, 6.07) is 18.4. The fourth-order valence-corrected chi connectivity index (χ4v) is 3.45. The van der Waals surface area contributed by atoms with Crippen LogP contribution in [0.5, 0.6) is 0 Å². The van der Waals surface area contributed by atoms with Crippen LogP contribution in [-0.2, 0) is 6.54 Å². The van der Waals surface area contributed by atoms with E-state index in [1.54, 1.807) is 11.3 Å². The Balaban J connectivity index is 1.75. The number of rotatable bonds is 4. The fourth-order valence-electron chi connectivity index (χ4n) is 2.37. The maximum atomic E-state index is 8.85. The van der Waals surface area contributed by atoms with Gasteiger partial charge in [0.1, 0.15) is 5.01 Å². The third kappa shape index (κ3) is 3.01. The minimum absolute atomic E-state index is 0.257. The van der Waals surface area contributed by atoms with Gasteiger partial charge in [0.2, 0.25) is 0 Å². The van der Waals surface area contributed by atoms with Crippen molar-refractivity contribution in [2.24, 2.45) is 0 Å². The number of benzene rings is 2. The van der Waals surface area contributed by atoms with Crippen LogP contribution in [0.4, 0.5) is 0 Å². The summed E-state index contributed by atoms with van der Waals surface area (Å²) >= 11 is 1.75. The van der Waals surface area contributed by atoms with E-state index in [0.717, 1.165) is 17.1 Å². The molecule has 0 aliphatic carbocycles. The maximum Gasteiger partial charge on any atom is 0.111 e. The van der Waals surface area contributed by atoms with Crippen molar-refractivity contribution < 1.29 is 0 Å². The lowest BCUT2D eigenvalue weighted by Crippen LogP contribution is -2.21. The molecule has 0 saturated heterocycles. The first-order chi connectivity index (χ1) is 10.7. The lowest BCUT2D eigenvalue weighted by molar-refractivity contribution is 0.253. The molecule has 0 saturated carbocycles. The van der Waals surface area contributed by atoms with Gasteiger partial charge < -0.3 is 0 Å². The van der Waals surface area contributed by atoms with E-state index in [-0.39, 0.29) is 6.04 Å². The summed E-state index contributed by atoms with van der Waals surface area (Å²) < 4.78 is 1.23. The predicted molar refractivity (Wildman–Crippen MR) is 90.7 cm³/mol. The number of aromatic nitrogens is 1. The number of nitrogens with zero attached hydrogens (tertiary/aromatic N) is 3. The Morgan fingerprint density at radius 3 is 2.59 bits per heavy atom. The Labute approximate surface area is 134 Å². The highest BCUT2D eigenvalue weighted by atomic mass is 32.1. The molecule has 0 spiro atoms. The molecule has 3 rings (SSSR count). The zero-order chi connectivity index (χ0) is 15.5. The molecule has 1 aromatic heterocycles. The molecule has 0 unspecified atom stereocenters. The number of fused-ring (bicyclic) bond motifs is 1. The molecule has 0 N–H and O–H groups in total. The van der Waals surface area contributed by atoms with Crippen LogP contribution >= 0.6 is 11.3 Å². The summed E-state index contributed by atoms with van der Waals surface area (Å²) in [6.45, 7) is 3.02. The number of thiazole rings is 1.